The van der Waals surface area contributed by atoms with Gasteiger partial charge in [0, 0.05) is 6.42 Å². The first-order chi connectivity index (χ1) is 9.31. The Bertz CT molecular complexity index is 416. The molecular weight excluding hydrogens is 355 g/mol. The van der Waals surface area contributed by atoms with Crippen LogP contribution >= 0.6 is 0 Å². The van der Waals surface area contributed by atoms with E-state index < -0.39 is 42.2 Å². The fourth-order valence-corrected chi connectivity index (χ4v) is 1.11. The summed E-state index contributed by atoms with van der Waals surface area (Å²) in [6.45, 7) is 2.42. The lowest BCUT2D eigenvalue weighted by atomic mass is 9.92. The molecule has 0 aromatic rings. The highest BCUT2D eigenvalue weighted by Crippen LogP contribution is 2.60. The van der Waals surface area contributed by atoms with Crippen molar-refractivity contribution < 1.29 is 57.1 Å². The van der Waals surface area contributed by atoms with Crippen LogP contribution in [0, 0.1) is 0 Å². The number of halogens is 13. The van der Waals surface area contributed by atoms with E-state index in [2.05, 4.69) is 6.58 Å². The van der Waals surface area contributed by atoms with E-state index >= 15 is 0 Å². The van der Waals surface area contributed by atoms with Gasteiger partial charge in [-0.05, 0) is 0 Å². The third-order valence-corrected chi connectivity index (χ3v) is 2.40. The summed E-state index contributed by atoms with van der Waals surface area (Å²) in [6.07, 6.45) is -9.89. The van der Waals surface area contributed by atoms with Gasteiger partial charge in [-0.15, -0.1) is 6.58 Å². The predicted octanol–water partition coefficient (Wildman–Crippen LogP) is 5.30. The van der Waals surface area contributed by atoms with E-state index in [0.717, 1.165) is 0 Å². The molecule has 0 rings (SSSR count). The normalized spacial score (nSPS) is 15.9. The minimum atomic E-state index is -7.84. The summed E-state index contributed by atoms with van der Waals surface area (Å²) >= 11 is 0. The third-order valence-electron chi connectivity index (χ3n) is 2.40. The van der Waals surface area contributed by atoms with Crippen molar-refractivity contribution in [1.82, 2.24) is 0 Å². The summed E-state index contributed by atoms with van der Waals surface area (Å²) in [5.41, 5.74) is 0. The molecule has 0 N–H and O–H groups in total. The van der Waals surface area contributed by atoms with Gasteiger partial charge < -0.3 is 0 Å². The predicted molar refractivity (Wildman–Crippen MR) is 45.6 cm³/mol. The molecule has 0 saturated heterocycles. The summed E-state index contributed by atoms with van der Waals surface area (Å²) in [4.78, 5) is 0. The van der Waals surface area contributed by atoms with Crippen LogP contribution in [-0.2, 0) is 0 Å². The minimum absolute atomic E-state index is 0.135. The molecule has 0 fully saturated rings. The second kappa shape index (κ2) is 5.18. The van der Waals surface area contributed by atoms with E-state index in [0.29, 0.717) is 0 Å². The van der Waals surface area contributed by atoms with E-state index in [1.54, 1.807) is 0 Å². The number of rotatable bonds is 6. The Balaban J connectivity index is 6.16. The monoisotopic (exact) mass is 360 g/mol. The number of allylic oxidation sites excluding steroid dienone is 1. The highest BCUT2D eigenvalue weighted by atomic mass is 19.4. The smallest absolute Gasteiger partial charge is 0.199 e. The molecule has 0 amide bonds. The summed E-state index contributed by atoms with van der Waals surface area (Å²) < 4.78 is 162. The van der Waals surface area contributed by atoms with Gasteiger partial charge in [-0.25, -0.2) is 0 Å². The van der Waals surface area contributed by atoms with Crippen LogP contribution in [0.5, 0.6) is 0 Å². The van der Waals surface area contributed by atoms with Gasteiger partial charge in [-0.3, -0.25) is 0 Å². The van der Waals surface area contributed by atoms with Crippen molar-refractivity contribution in [1.29, 1.82) is 0 Å². The first-order valence-electron chi connectivity index (χ1n) is 4.88. The summed E-state index contributed by atoms with van der Waals surface area (Å²) in [6, 6.07) is 0. The molecule has 0 aromatic carbocycles. The van der Waals surface area contributed by atoms with Crippen LogP contribution < -0.4 is 0 Å². The standard InChI is InChI=1S/C9H5F13/c1-2-3-4(10,11)5(12,13)6(14,15)7(16,17)8(18,19)9(20,21)22/h2H,1,3H2. The fraction of sp³-hybridized carbons (Fsp3) is 0.778. The van der Waals surface area contributed by atoms with Gasteiger partial charge in [-0.1, -0.05) is 6.08 Å². The quantitative estimate of drug-likeness (QED) is 0.445. The SMILES string of the molecule is C=CCC(F)(F)C(F)(F)C(F)(F)C(F)(F)C(F)(F)C(F)(F)F. The van der Waals surface area contributed by atoms with E-state index in [1.165, 1.54) is 0 Å². The molecule has 0 nitrogen and oxygen atoms in total. The zero-order valence-electron chi connectivity index (χ0n) is 9.91. The molecule has 0 aliphatic heterocycles. The van der Waals surface area contributed by atoms with Crippen molar-refractivity contribution in [3.8, 4) is 0 Å². The van der Waals surface area contributed by atoms with Gasteiger partial charge in [-0.2, -0.15) is 57.1 Å². The van der Waals surface area contributed by atoms with E-state index in [9.17, 15) is 57.1 Å². The third kappa shape index (κ3) is 2.62. The molecule has 0 atom stereocenters. The van der Waals surface area contributed by atoms with Gasteiger partial charge in [0.15, 0.2) is 0 Å². The second-order valence-corrected chi connectivity index (χ2v) is 3.99. The number of hydrogen-bond donors (Lipinski definition) is 0. The van der Waals surface area contributed by atoms with Gasteiger partial charge in [0.1, 0.15) is 0 Å². The van der Waals surface area contributed by atoms with Crippen LogP contribution in [0.4, 0.5) is 57.1 Å². The molecular formula is C9H5F13. The van der Waals surface area contributed by atoms with E-state index in [1.807, 2.05) is 0 Å². The lowest BCUT2D eigenvalue weighted by Gasteiger charge is -2.39. The van der Waals surface area contributed by atoms with Gasteiger partial charge in [0.25, 0.3) is 0 Å². The highest BCUT2D eigenvalue weighted by Gasteiger charge is 2.90. The zero-order chi connectivity index (χ0) is 18.4. The van der Waals surface area contributed by atoms with E-state index in [-0.39, 0.29) is 6.08 Å². The van der Waals surface area contributed by atoms with Crippen LogP contribution in [0.25, 0.3) is 0 Å². The molecule has 13 heteroatoms. The number of alkyl halides is 13. The molecule has 0 unspecified atom stereocenters. The van der Waals surface area contributed by atoms with Crippen LogP contribution in [0.1, 0.15) is 6.42 Å². The average molecular weight is 360 g/mol. The van der Waals surface area contributed by atoms with Gasteiger partial charge in [0.2, 0.25) is 0 Å². The first kappa shape index (κ1) is 20.8. The molecule has 0 aromatic heterocycles. The van der Waals surface area contributed by atoms with Gasteiger partial charge in [0.05, 0.1) is 0 Å². The van der Waals surface area contributed by atoms with Gasteiger partial charge >= 0.3 is 35.8 Å². The molecule has 22 heavy (non-hydrogen) atoms. The van der Waals surface area contributed by atoms with Crippen molar-refractivity contribution in [2.24, 2.45) is 0 Å². The summed E-state index contributed by atoms with van der Waals surface area (Å²) in [5.74, 6) is -36.5. The molecule has 132 valence electrons. The van der Waals surface area contributed by atoms with Crippen molar-refractivity contribution in [3.05, 3.63) is 12.7 Å². The molecule has 0 saturated carbocycles. The van der Waals surface area contributed by atoms with Crippen molar-refractivity contribution >= 4 is 0 Å². The number of hydrogen-bond acceptors (Lipinski definition) is 0. The molecule has 0 aliphatic rings. The minimum Gasteiger partial charge on any atom is -0.199 e. The fourth-order valence-electron chi connectivity index (χ4n) is 1.11. The largest absolute Gasteiger partial charge is 0.460 e. The lowest BCUT2D eigenvalue weighted by molar-refractivity contribution is -0.439. The average Bonchev–Trinajstić information content (AvgIpc) is 2.26. The first-order valence-corrected chi connectivity index (χ1v) is 4.88. The topological polar surface area (TPSA) is 0 Å². The molecule has 0 spiro atoms. The maximum atomic E-state index is 12.9. The summed E-state index contributed by atoms with van der Waals surface area (Å²) in [7, 11) is 0. The Hall–Kier alpha value is -1.17. The van der Waals surface area contributed by atoms with Crippen LogP contribution in [-0.4, -0.2) is 35.8 Å². The van der Waals surface area contributed by atoms with Crippen LogP contribution in [0.15, 0.2) is 12.7 Å². The Morgan fingerprint density at radius 3 is 1.14 bits per heavy atom. The maximum Gasteiger partial charge on any atom is 0.460 e. The molecule has 0 radical (unpaired) electrons. The molecule has 0 heterocycles. The van der Waals surface area contributed by atoms with Crippen molar-refractivity contribution in [2.75, 3.05) is 0 Å². The zero-order valence-corrected chi connectivity index (χ0v) is 9.91. The van der Waals surface area contributed by atoms with Crippen LogP contribution in [0.3, 0.4) is 0 Å². The Morgan fingerprint density at radius 2 is 0.864 bits per heavy atom. The summed E-state index contributed by atoms with van der Waals surface area (Å²) in [5, 5.41) is 0. The Morgan fingerprint density at radius 1 is 0.545 bits per heavy atom. The second-order valence-electron chi connectivity index (χ2n) is 3.99. The molecule has 0 bridgehead atoms. The molecule has 0 aliphatic carbocycles. The maximum absolute atomic E-state index is 12.9. The Labute approximate surface area is 113 Å². The van der Waals surface area contributed by atoms with E-state index in [4.69, 9.17) is 0 Å². The lowest BCUT2D eigenvalue weighted by Crippen LogP contribution is -2.70. The van der Waals surface area contributed by atoms with Crippen molar-refractivity contribution in [2.45, 2.75) is 42.2 Å². The van der Waals surface area contributed by atoms with Crippen molar-refractivity contribution in [3.63, 3.8) is 0 Å². The van der Waals surface area contributed by atoms with Crippen LogP contribution in [0.2, 0.25) is 0 Å². The Kier molecular flexibility index (Phi) is 4.91. The highest BCUT2D eigenvalue weighted by molar-refractivity contribution is 5.10.